The van der Waals surface area contributed by atoms with E-state index in [2.05, 4.69) is 5.32 Å². The summed E-state index contributed by atoms with van der Waals surface area (Å²) in [7, 11) is 3.37. The maximum atomic E-state index is 12.8. The molecule has 4 rings (SSSR count). The predicted molar refractivity (Wildman–Crippen MR) is 125 cm³/mol. The number of carbonyl (C=O) groups excluding carboxylic acids is 3. The summed E-state index contributed by atoms with van der Waals surface area (Å²) in [6, 6.07) is 10.9. The number of carbonyl (C=O) groups is 3. The van der Waals surface area contributed by atoms with Crippen LogP contribution < -0.4 is 11.0 Å². The molecular formula is C23H22N4O4S. The molecular weight excluding hydrogens is 428 g/mol. The fourth-order valence-electron chi connectivity index (χ4n) is 3.62. The first-order chi connectivity index (χ1) is 15.2. The van der Waals surface area contributed by atoms with Crippen LogP contribution in [0.3, 0.4) is 0 Å². The van der Waals surface area contributed by atoms with E-state index in [9.17, 15) is 19.2 Å². The first-order valence-corrected chi connectivity index (χ1v) is 10.8. The van der Waals surface area contributed by atoms with Crippen LogP contribution in [0, 0.1) is 13.8 Å². The van der Waals surface area contributed by atoms with Gasteiger partial charge in [-0.3, -0.25) is 28.4 Å². The number of rotatable bonds is 4. The molecule has 0 saturated carbocycles. The number of fused-ring (bicyclic) bond motifs is 1. The van der Waals surface area contributed by atoms with Crippen molar-refractivity contribution in [1.82, 2.24) is 14.0 Å². The van der Waals surface area contributed by atoms with Crippen LogP contribution in [-0.4, -0.2) is 37.6 Å². The highest BCUT2D eigenvalue weighted by molar-refractivity contribution is 8.18. The normalized spacial score (nSPS) is 15.2. The number of benzene rings is 2. The topological polar surface area (TPSA) is 93.4 Å². The quantitative estimate of drug-likeness (QED) is 0.617. The maximum absolute atomic E-state index is 12.8. The Bertz CT molecular complexity index is 1380. The average molecular weight is 451 g/mol. The van der Waals surface area contributed by atoms with E-state index < -0.39 is 17.1 Å². The van der Waals surface area contributed by atoms with E-state index in [0.29, 0.717) is 11.3 Å². The Hall–Kier alpha value is -3.59. The molecule has 1 N–H and O–H groups in total. The highest BCUT2D eigenvalue weighted by atomic mass is 32.2. The molecule has 2 heterocycles. The van der Waals surface area contributed by atoms with E-state index in [1.165, 1.54) is 4.57 Å². The zero-order valence-corrected chi connectivity index (χ0v) is 18.9. The van der Waals surface area contributed by atoms with Crippen LogP contribution >= 0.6 is 11.8 Å². The van der Waals surface area contributed by atoms with Gasteiger partial charge in [0, 0.05) is 19.8 Å². The highest BCUT2D eigenvalue weighted by Crippen LogP contribution is 2.32. The summed E-state index contributed by atoms with van der Waals surface area (Å²) < 4.78 is 3.07. The number of nitrogens with zero attached hydrogens (tertiary/aromatic N) is 3. The van der Waals surface area contributed by atoms with Crippen molar-refractivity contribution in [2.24, 2.45) is 14.1 Å². The van der Waals surface area contributed by atoms with Gasteiger partial charge in [-0.1, -0.05) is 18.2 Å². The van der Waals surface area contributed by atoms with E-state index in [4.69, 9.17) is 0 Å². The van der Waals surface area contributed by atoms with E-state index in [1.54, 1.807) is 49.0 Å². The number of amides is 3. The first kappa shape index (κ1) is 21.6. The monoisotopic (exact) mass is 450 g/mol. The number of hydrogen-bond acceptors (Lipinski definition) is 5. The second-order valence-corrected chi connectivity index (χ2v) is 8.71. The molecule has 1 aliphatic heterocycles. The number of anilines is 1. The molecule has 1 saturated heterocycles. The van der Waals surface area contributed by atoms with Crippen molar-refractivity contribution < 1.29 is 14.4 Å². The van der Waals surface area contributed by atoms with Crippen molar-refractivity contribution in [2.45, 2.75) is 13.8 Å². The summed E-state index contributed by atoms with van der Waals surface area (Å²) in [4.78, 5) is 51.0. The molecule has 3 amide bonds. The van der Waals surface area contributed by atoms with Gasteiger partial charge in [0.25, 0.3) is 11.1 Å². The second-order valence-electron chi connectivity index (χ2n) is 7.71. The molecule has 164 valence electrons. The SMILES string of the molecule is Cc1cccc(NC(=O)CN2C(=O)S/C(=C/c3ccc4c(c3)n(C)c(=O)n4C)C2=O)c1C. The van der Waals surface area contributed by atoms with Crippen molar-refractivity contribution >= 4 is 51.6 Å². The second kappa shape index (κ2) is 8.16. The number of aryl methyl sites for hydroxylation is 3. The molecule has 32 heavy (non-hydrogen) atoms. The van der Waals surface area contributed by atoms with Gasteiger partial charge in [0.2, 0.25) is 5.91 Å². The lowest BCUT2D eigenvalue weighted by molar-refractivity contribution is -0.127. The molecule has 0 bridgehead atoms. The van der Waals surface area contributed by atoms with Crippen LogP contribution in [-0.2, 0) is 23.7 Å². The Morgan fingerprint density at radius 2 is 1.75 bits per heavy atom. The van der Waals surface area contributed by atoms with Crippen molar-refractivity contribution in [1.29, 1.82) is 0 Å². The summed E-state index contributed by atoms with van der Waals surface area (Å²) in [5, 5.41) is 2.27. The van der Waals surface area contributed by atoms with Crippen molar-refractivity contribution in [3.05, 3.63) is 68.5 Å². The zero-order valence-electron chi connectivity index (χ0n) is 18.1. The van der Waals surface area contributed by atoms with E-state index in [1.807, 2.05) is 26.0 Å². The zero-order chi connectivity index (χ0) is 23.2. The first-order valence-electron chi connectivity index (χ1n) is 9.94. The number of imide groups is 1. The van der Waals surface area contributed by atoms with E-state index in [0.717, 1.165) is 38.8 Å². The lowest BCUT2D eigenvalue weighted by atomic mass is 10.1. The minimum absolute atomic E-state index is 0.146. The maximum Gasteiger partial charge on any atom is 0.328 e. The fourth-order valence-corrected chi connectivity index (χ4v) is 4.46. The number of aromatic nitrogens is 2. The predicted octanol–water partition coefficient (Wildman–Crippen LogP) is 3.17. The van der Waals surface area contributed by atoms with Crippen LogP contribution in [0.15, 0.2) is 46.1 Å². The summed E-state index contributed by atoms with van der Waals surface area (Å²) in [6.07, 6.45) is 1.60. The molecule has 1 aliphatic rings. The molecule has 0 aliphatic carbocycles. The van der Waals surface area contributed by atoms with Crippen LogP contribution in [0.4, 0.5) is 10.5 Å². The van der Waals surface area contributed by atoms with Gasteiger partial charge in [-0.15, -0.1) is 0 Å². The van der Waals surface area contributed by atoms with Crippen LogP contribution in [0.2, 0.25) is 0 Å². The molecule has 0 spiro atoms. The van der Waals surface area contributed by atoms with Gasteiger partial charge in [-0.2, -0.15) is 0 Å². The average Bonchev–Trinajstić information content (AvgIpc) is 3.14. The number of imidazole rings is 1. The van der Waals surface area contributed by atoms with Gasteiger partial charge in [-0.05, 0) is 66.6 Å². The van der Waals surface area contributed by atoms with Crippen LogP contribution in [0.5, 0.6) is 0 Å². The Morgan fingerprint density at radius 3 is 2.50 bits per heavy atom. The molecule has 1 aromatic heterocycles. The number of hydrogen-bond donors (Lipinski definition) is 1. The molecule has 0 radical (unpaired) electrons. The standard InChI is InChI=1S/C23H22N4O4S/c1-13-6-5-7-16(14(13)2)24-20(28)12-27-21(29)19(32-23(27)31)11-15-8-9-17-18(10-15)26(4)22(30)25(17)3/h5-11H,12H2,1-4H3,(H,24,28)/b19-11+. The number of thioether (sulfide) groups is 1. The van der Waals surface area contributed by atoms with Crippen molar-refractivity contribution in [2.75, 3.05) is 11.9 Å². The molecule has 3 aromatic rings. The fraction of sp³-hybridized carbons (Fsp3) is 0.217. The molecule has 0 unspecified atom stereocenters. The van der Waals surface area contributed by atoms with Gasteiger partial charge >= 0.3 is 5.69 Å². The van der Waals surface area contributed by atoms with Gasteiger partial charge in [0.05, 0.1) is 15.9 Å². The molecule has 8 nitrogen and oxygen atoms in total. The minimum atomic E-state index is -0.516. The highest BCUT2D eigenvalue weighted by Gasteiger charge is 2.36. The lowest BCUT2D eigenvalue weighted by Crippen LogP contribution is -2.36. The Morgan fingerprint density at radius 1 is 1.03 bits per heavy atom. The number of nitrogens with one attached hydrogen (secondary N) is 1. The molecule has 1 fully saturated rings. The smallest absolute Gasteiger partial charge is 0.324 e. The molecule has 9 heteroatoms. The Balaban J connectivity index is 1.53. The van der Waals surface area contributed by atoms with E-state index in [-0.39, 0.29) is 17.1 Å². The molecule has 2 aromatic carbocycles. The van der Waals surface area contributed by atoms with E-state index >= 15 is 0 Å². The lowest BCUT2D eigenvalue weighted by Gasteiger charge is -2.14. The third-order valence-electron chi connectivity index (χ3n) is 5.65. The summed E-state index contributed by atoms with van der Waals surface area (Å²) >= 11 is 0.793. The van der Waals surface area contributed by atoms with Gasteiger partial charge in [-0.25, -0.2) is 4.79 Å². The van der Waals surface area contributed by atoms with Crippen LogP contribution in [0.1, 0.15) is 16.7 Å². The summed E-state index contributed by atoms with van der Waals surface area (Å²) in [5.74, 6) is -0.957. The summed E-state index contributed by atoms with van der Waals surface area (Å²) in [6.45, 7) is 3.48. The summed E-state index contributed by atoms with van der Waals surface area (Å²) in [5.41, 5.74) is 4.64. The Kier molecular flexibility index (Phi) is 5.52. The Labute approximate surface area is 188 Å². The third kappa shape index (κ3) is 3.75. The van der Waals surface area contributed by atoms with Crippen molar-refractivity contribution in [3.8, 4) is 0 Å². The van der Waals surface area contributed by atoms with Crippen molar-refractivity contribution in [3.63, 3.8) is 0 Å². The van der Waals surface area contributed by atoms with Gasteiger partial charge < -0.3 is 5.32 Å². The minimum Gasteiger partial charge on any atom is -0.324 e. The van der Waals surface area contributed by atoms with Gasteiger partial charge in [0.1, 0.15) is 6.54 Å². The third-order valence-corrected chi connectivity index (χ3v) is 6.56. The van der Waals surface area contributed by atoms with Gasteiger partial charge in [0.15, 0.2) is 0 Å². The van der Waals surface area contributed by atoms with Crippen LogP contribution in [0.25, 0.3) is 17.1 Å². The largest absolute Gasteiger partial charge is 0.328 e. The molecule has 0 atom stereocenters.